The number of Topliss-reactive ketones (excluding diaryl/α,β-unsaturated/α-hetero) is 1. The van der Waals surface area contributed by atoms with Gasteiger partial charge in [0.25, 0.3) is 11.6 Å². The molecule has 202 valence electrons. The van der Waals surface area contributed by atoms with Crippen LogP contribution in [0.1, 0.15) is 33.4 Å². The number of aromatic nitrogens is 1. The van der Waals surface area contributed by atoms with E-state index in [9.17, 15) is 24.8 Å². The Morgan fingerprint density at radius 1 is 1.15 bits per heavy atom. The number of hydrogen-bond donors (Lipinski definition) is 1. The number of aliphatic hydroxyl groups excluding tert-OH is 1. The van der Waals surface area contributed by atoms with Crippen molar-refractivity contribution < 1.29 is 24.4 Å². The fraction of sp³-hybridized carbons (Fsp3) is 0.321. The molecule has 5 rings (SSSR count). The van der Waals surface area contributed by atoms with Crippen LogP contribution in [0.3, 0.4) is 0 Å². The van der Waals surface area contributed by atoms with E-state index in [4.69, 9.17) is 4.74 Å². The van der Waals surface area contributed by atoms with Crippen molar-refractivity contribution in [1.82, 2.24) is 14.8 Å². The summed E-state index contributed by atoms with van der Waals surface area (Å²) in [6.45, 7) is 5.59. The van der Waals surface area contributed by atoms with Gasteiger partial charge in [-0.15, -0.1) is 11.3 Å². The Kier molecular flexibility index (Phi) is 7.82. The van der Waals surface area contributed by atoms with Gasteiger partial charge in [-0.2, -0.15) is 0 Å². The normalized spacial score (nSPS) is 18.1. The number of nitrogens with zero attached hydrogens (tertiary/aromatic N) is 4. The molecule has 11 heteroatoms. The molecule has 0 spiro atoms. The molecule has 0 bridgehead atoms. The quantitative estimate of drug-likeness (QED) is 0.238. The van der Waals surface area contributed by atoms with Crippen molar-refractivity contribution in [1.29, 1.82) is 0 Å². The molecule has 1 atom stereocenters. The molecule has 3 aromatic rings. The number of ether oxygens (including phenoxy) is 1. The maximum Gasteiger partial charge on any atom is 0.290 e. The Morgan fingerprint density at radius 3 is 2.62 bits per heavy atom. The SMILES string of the molecule is Cc1nc(-c2ccccc2)sc1C(=O)C1=C(O)C(=O)N(CCCN2CCOCC2)C1c1cccc([N+](=O)[O-])c1. The van der Waals surface area contributed by atoms with Crippen LogP contribution in [0.15, 0.2) is 65.9 Å². The average molecular weight is 549 g/mol. The molecule has 2 aromatic carbocycles. The van der Waals surface area contributed by atoms with Gasteiger partial charge in [0.15, 0.2) is 5.76 Å². The van der Waals surface area contributed by atoms with E-state index in [0.29, 0.717) is 47.3 Å². The number of ketones is 1. The first-order valence-corrected chi connectivity index (χ1v) is 13.5. The number of carbonyl (C=O) groups is 2. The summed E-state index contributed by atoms with van der Waals surface area (Å²) >= 11 is 1.19. The third-order valence-electron chi connectivity index (χ3n) is 6.95. The van der Waals surface area contributed by atoms with E-state index in [2.05, 4.69) is 9.88 Å². The monoisotopic (exact) mass is 548 g/mol. The minimum Gasteiger partial charge on any atom is -0.503 e. The van der Waals surface area contributed by atoms with Crippen molar-refractivity contribution in [3.8, 4) is 10.6 Å². The molecule has 2 aliphatic rings. The average Bonchev–Trinajstić information content (AvgIpc) is 3.46. The zero-order valence-electron chi connectivity index (χ0n) is 21.4. The van der Waals surface area contributed by atoms with E-state index in [1.54, 1.807) is 13.0 Å². The van der Waals surface area contributed by atoms with Crippen molar-refractivity contribution in [2.45, 2.75) is 19.4 Å². The number of hydrogen-bond acceptors (Lipinski definition) is 9. The summed E-state index contributed by atoms with van der Waals surface area (Å²) in [5, 5.41) is 23.2. The Bertz CT molecular complexity index is 1430. The number of aryl methyl sites for hydroxylation is 1. The van der Waals surface area contributed by atoms with Crippen LogP contribution >= 0.6 is 11.3 Å². The lowest BCUT2D eigenvalue weighted by Crippen LogP contribution is -2.39. The molecule has 39 heavy (non-hydrogen) atoms. The summed E-state index contributed by atoms with van der Waals surface area (Å²) in [4.78, 5) is 46.8. The zero-order valence-corrected chi connectivity index (χ0v) is 22.2. The van der Waals surface area contributed by atoms with E-state index < -0.39 is 28.4 Å². The molecule has 1 N–H and O–H groups in total. The number of morpholine rings is 1. The van der Waals surface area contributed by atoms with Crippen LogP contribution in [0.25, 0.3) is 10.6 Å². The molecule has 1 aromatic heterocycles. The molecule has 1 unspecified atom stereocenters. The van der Waals surface area contributed by atoms with Gasteiger partial charge in [-0.25, -0.2) is 4.98 Å². The number of benzene rings is 2. The molecular formula is C28H28N4O6S. The second-order valence-electron chi connectivity index (χ2n) is 9.45. The van der Waals surface area contributed by atoms with Gasteiger partial charge in [-0.1, -0.05) is 42.5 Å². The number of non-ortho nitro benzene ring substituents is 1. The van der Waals surface area contributed by atoms with E-state index in [1.165, 1.54) is 34.4 Å². The highest BCUT2D eigenvalue weighted by molar-refractivity contribution is 7.17. The topological polar surface area (TPSA) is 126 Å². The number of thiazole rings is 1. The maximum atomic E-state index is 14.0. The fourth-order valence-corrected chi connectivity index (χ4v) is 6.02. The summed E-state index contributed by atoms with van der Waals surface area (Å²) in [6.07, 6.45) is 0.601. The number of nitro groups is 1. The number of aliphatic hydroxyl groups is 1. The first-order valence-electron chi connectivity index (χ1n) is 12.7. The van der Waals surface area contributed by atoms with Crippen LogP contribution in [-0.4, -0.2) is 75.9 Å². The minimum absolute atomic E-state index is 0.0850. The molecule has 0 radical (unpaired) electrons. The highest BCUT2D eigenvalue weighted by Gasteiger charge is 2.44. The lowest BCUT2D eigenvalue weighted by Gasteiger charge is -2.30. The van der Waals surface area contributed by atoms with Crippen LogP contribution in [0.2, 0.25) is 0 Å². The third-order valence-corrected chi connectivity index (χ3v) is 8.15. The molecule has 0 aliphatic carbocycles. The Morgan fingerprint density at radius 2 is 1.90 bits per heavy atom. The van der Waals surface area contributed by atoms with Crippen LogP contribution in [0, 0.1) is 17.0 Å². The maximum absolute atomic E-state index is 14.0. The second-order valence-corrected chi connectivity index (χ2v) is 10.5. The van der Waals surface area contributed by atoms with E-state index in [1.807, 2.05) is 30.3 Å². The molecule has 1 saturated heterocycles. The van der Waals surface area contributed by atoms with Gasteiger partial charge in [0.1, 0.15) is 5.01 Å². The van der Waals surface area contributed by atoms with Crippen molar-refractivity contribution >= 4 is 28.7 Å². The highest BCUT2D eigenvalue weighted by Crippen LogP contribution is 2.41. The lowest BCUT2D eigenvalue weighted by atomic mass is 9.94. The van der Waals surface area contributed by atoms with E-state index >= 15 is 0 Å². The first-order chi connectivity index (χ1) is 18.8. The third kappa shape index (κ3) is 5.47. The van der Waals surface area contributed by atoms with Crippen molar-refractivity contribution in [3.63, 3.8) is 0 Å². The van der Waals surface area contributed by atoms with Gasteiger partial charge in [-0.3, -0.25) is 24.6 Å². The van der Waals surface area contributed by atoms with Gasteiger partial charge >= 0.3 is 0 Å². The molecule has 1 amide bonds. The zero-order chi connectivity index (χ0) is 27.5. The molecule has 10 nitrogen and oxygen atoms in total. The minimum atomic E-state index is -0.962. The largest absolute Gasteiger partial charge is 0.503 e. The Labute approximate surface area is 229 Å². The van der Waals surface area contributed by atoms with Crippen LogP contribution in [-0.2, 0) is 9.53 Å². The molecule has 2 aliphatic heterocycles. The van der Waals surface area contributed by atoms with Crippen molar-refractivity contribution in [3.05, 3.63) is 92.2 Å². The summed E-state index contributed by atoms with van der Waals surface area (Å²) < 4.78 is 5.40. The second kappa shape index (κ2) is 11.4. The molecular weight excluding hydrogens is 520 g/mol. The number of nitro benzene ring substituents is 1. The predicted molar refractivity (Wildman–Crippen MR) is 146 cm³/mol. The number of amides is 1. The standard InChI is InChI=1S/C28H28N4O6S/c1-18-26(39-27(29-18)19-7-3-2-4-8-19)24(33)22-23(20-9-5-10-21(17-20)32(36)37)31(28(35)25(22)34)12-6-11-30-13-15-38-16-14-30/h2-5,7-10,17,23,34H,6,11-16H2,1H3. The van der Waals surface area contributed by atoms with Gasteiger partial charge < -0.3 is 14.7 Å². The summed E-state index contributed by atoms with van der Waals surface area (Å²) in [5.74, 6) is -1.80. The smallest absolute Gasteiger partial charge is 0.290 e. The van der Waals surface area contributed by atoms with Gasteiger partial charge in [-0.05, 0) is 18.9 Å². The van der Waals surface area contributed by atoms with Crippen LogP contribution in [0.4, 0.5) is 5.69 Å². The van der Waals surface area contributed by atoms with E-state index in [0.717, 1.165) is 18.7 Å². The van der Waals surface area contributed by atoms with Gasteiger partial charge in [0.05, 0.1) is 40.3 Å². The van der Waals surface area contributed by atoms with Crippen molar-refractivity contribution in [2.75, 3.05) is 39.4 Å². The number of carbonyl (C=O) groups excluding carboxylic acids is 2. The summed E-state index contributed by atoms with van der Waals surface area (Å²) in [6, 6.07) is 14.3. The van der Waals surface area contributed by atoms with Crippen molar-refractivity contribution in [2.24, 2.45) is 0 Å². The molecule has 3 heterocycles. The summed E-state index contributed by atoms with van der Waals surface area (Å²) in [7, 11) is 0. The Balaban J connectivity index is 1.49. The number of rotatable bonds is 9. The Hall–Kier alpha value is -3.93. The predicted octanol–water partition coefficient (Wildman–Crippen LogP) is 4.33. The van der Waals surface area contributed by atoms with Gasteiger partial charge in [0.2, 0.25) is 5.78 Å². The molecule has 0 saturated carbocycles. The van der Waals surface area contributed by atoms with E-state index in [-0.39, 0.29) is 17.8 Å². The fourth-order valence-electron chi connectivity index (χ4n) is 4.99. The van der Waals surface area contributed by atoms with Crippen LogP contribution < -0.4 is 0 Å². The highest BCUT2D eigenvalue weighted by atomic mass is 32.1. The molecule has 1 fully saturated rings. The summed E-state index contributed by atoms with van der Waals surface area (Å²) in [5.41, 5.74) is 1.48. The lowest BCUT2D eigenvalue weighted by molar-refractivity contribution is -0.384. The first kappa shape index (κ1) is 26.7. The van der Waals surface area contributed by atoms with Gasteiger partial charge in [0, 0.05) is 43.9 Å². The van der Waals surface area contributed by atoms with Crippen LogP contribution in [0.5, 0.6) is 0 Å².